The number of nitrogens with one attached hydrogen (secondary N) is 3. The molecule has 5 rings (SSSR count). The standard InChI is InChI=1S/C30H34N8O5/c1-19(2)26-28-35-27(20-7-5-4-6-8-20)36-38(28)13-14-43-24-15-21(9-10-23(24)42-3)29(40)31-11-12-37(18-25(39)34-26)30(41)22-16-32-33-17-22/h4-10,15-17,19,26H,11-14,18H2,1-3H3,(H,31,40)(H,32,33)(H,34,39)/t26-/m1/s1. The van der Waals surface area contributed by atoms with Gasteiger partial charge < -0.3 is 25.0 Å². The minimum atomic E-state index is -0.517. The fourth-order valence-electron chi connectivity index (χ4n) is 4.76. The van der Waals surface area contributed by atoms with Gasteiger partial charge in [0, 0.05) is 30.4 Å². The summed E-state index contributed by atoms with van der Waals surface area (Å²) in [6, 6.07) is 14.0. The van der Waals surface area contributed by atoms with Gasteiger partial charge in [0.25, 0.3) is 11.8 Å². The maximum absolute atomic E-state index is 13.5. The van der Waals surface area contributed by atoms with E-state index in [1.165, 1.54) is 24.4 Å². The molecule has 0 saturated carbocycles. The Morgan fingerprint density at radius 2 is 1.91 bits per heavy atom. The highest BCUT2D eigenvalue weighted by atomic mass is 16.5. The van der Waals surface area contributed by atoms with Crippen molar-refractivity contribution in [3.63, 3.8) is 0 Å². The Labute approximate surface area is 248 Å². The zero-order valence-electron chi connectivity index (χ0n) is 24.2. The molecule has 0 saturated heterocycles. The number of aromatic nitrogens is 5. The third-order valence-electron chi connectivity index (χ3n) is 7.01. The molecule has 4 aromatic rings. The van der Waals surface area contributed by atoms with Gasteiger partial charge in [0.2, 0.25) is 5.91 Å². The number of aromatic amines is 1. The van der Waals surface area contributed by atoms with Crippen LogP contribution in [-0.2, 0) is 11.3 Å². The summed E-state index contributed by atoms with van der Waals surface area (Å²) in [6.45, 7) is 4.41. The molecule has 3 N–H and O–H groups in total. The smallest absolute Gasteiger partial charge is 0.257 e. The fraction of sp³-hybridized carbons (Fsp3) is 0.333. The number of H-pyrrole nitrogens is 1. The minimum Gasteiger partial charge on any atom is -0.493 e. The highest BCUT2D eigenvalue weighted by Crippen LogP contribution is 2.29. The summed E-state index contributed by atoms with van der Waals surface area (Å²) < 4.78 is 13.3. The third kappa shape index (κ3) is 6.83. The van der Waals surface area contributed by atoms with Gasteiger partial charge in [-0.25, -0.2) is 9.67 Å². The quantitative estimate of drug-likeness (QED) is 0.329. The Bertz CT molecular complexity index is 1570. The number of carbonyl (C=O) groups excluding carboxylic acids is 3. The molecule has 3 amide bonds. The van der Waals surface area contributed by atoms with Crippen LogP contribution < -0.4 is 20.1 Å². The average molecular weight is 587 g/mol. The molecule has 3 heterocycles. The van der Waals surface area contributed by atoms with E-state index in [1.54, 1.807) is 22.9 Å². The van der Waals surface area contributed by atoms with Crippen LogP contribution in [0.5, 0.6) is 11.5 Å². The third-order valence-corrected chi connectivity index (χ3v) is 7.01. The van der Waals surface area contributed by atoms with Crippen molar-refractivity contribution in [1.82, 2.24) is 40.5 Å². The summed E-state index contributed by atoms with van der Waals surface area (Å²) in [5.41, 5.74) is 1.49. The zero-order chi connectivity index (χ0) is 30.3. The maximum Gasteiger partial charge on any atom is 0.257 e. The second-order valence-electron chi connectivity index (χ2n) is 10.4. The molecule has 13 nitrogen and oxygen atoms in total. The molecule has 1 aliphatic rings. The van der Waals surface area contributed by atoms with Crippen molar-refractivity contribution in [2.75, 3.05) is 33.4 Å². The number of carbonyl (C=O) groups is 3. The van der Waals surface area contributed by atoms with Gasteiger partial charge in [-0.05, 0) is 24.1 Å². The first kappa shape index (κ1) is 29.3. The lowest BCUT2D eigenvalue weighted by Gasteiger charge is -2.26. The van der Waals surface area contributed by atoms with Crippen molar-refractivity contribution >= 4 is 17.7 Å². The first-order chi connectivity index (χ1) is 20.8. The van der Waals surface area contributed by atoms with Crippen LogP contribution in [0.3, 0.4) is 0 Å². The summed E-state index contributed by atoms with van der Waals surface area (Å²) in [7, 11) is 1.53. The van der Waals surface area contributed by atoms with Gasteiger partial charge in [0.15, 0.2) is 23.1 Å². The predicted octanol–water partition coefficient (Wildman–Crippen LogP) is 2.45. The molecule has 1 atom stereocenters. The van der Waals surface area contributed by atoms with Gasteiger partial charge in [-0.2, -0.15) is 10.2 Å². The van der Waals surface area contributed by atoms with Crippen molar-refractivity contribution in [1.29, 1.82) is 0 Å². The zero-order valence-corrected chi connectivity index (χ0v) is 24.2. The molecule has 224 valence electrons. The summed E-state index contributed by atoms with van der Waals surface area (Å²) in [4.78, 5) is 45.9. The summed E-state index contributed by atoms with van der Waals surface area (Å²) in [6.07, 6.45) is 2.86. The van der Waals surface area contributed by atoms with E-state index in [-0.39, 0.29) is 44.0 Å². The van der Waals surface area contributed by atoms with Crippen molar-refractivity contribution < 1.29 is 23.9 Å². The Kier molecular flexibility index (Phi) is 8.99. The van der Waals surface area contributed by atoms with Crippen molar-refractivity contribution in [2.24, 2.45) is 5.92 Å². The molecule has 43 heavy (non-hydrogen) atoms. The minimum absolute atomic E-state index is 0.0624. The second kappa shape index (κ2) is 13.2. The Morgan fingerprint density at radius 3 is 2.63 bits per heavy atom. The fourth-order valence-corrected chi connectivity index (χ4v) is 4.76. The number of benzene rings is 2. The highest BCUT2D eigenvalue weighted by molar-refractivity contribution is 5.96. The van der Waals surface area contributed by atoms with Crippen LogP contribution in [0.1, 0.15) is 46.4 Å². The van der Waals surface area contributed by atoms with Gasteiger partial charge in [0.1, 0.15) is 6.61 Å². The molecule has 2 aromatic carbocycles. The number of hydrogen-bond donors (Lipinski definition) is 3. The summed E-state index contributed by atoms with van der Waals surface area (Å²) in [5.74, 6) is 0.743. The average Bonchev–Trinajstić information content (AvgIpc) is 3.70. The van der Waals surface area contributed by atoms with E-state index < -0.39 is 11.9 Å². The van der Waals surface area contributed by atoms with Crippen LogP contribution in [0.4, 0.5) is 0 Å². The topological polar surface area (TPSA) is 156 Å². The lowest BCUT2D eigenvalue weighted by Crippen LogP contribution is -2.46. The van der Waals surface area contributed by atoms with Crippen molar-refractivity contribution in [3.8, 4) is 22.9 Å². The summed E-state index contributed by atoms with van der Waals surface area (Å²) >= 11 is 0. The van der Waals surface area contributed by atoms with Crippen molar-refractivity contribution in [3.05, 3.63) is 77.9 Å². The number of ether oxygens (including phenoxy) is 2. The molecule has 1 aliphatic heterocycles. The van der Waals surface area contributed by atoms with E-state index in [4.69, 9.17) is 19.6 Å². The molecule has 2 aromatic heterocycles. The van der Waals surface area contributed by atoms with Gasteiger partial charge in [-0.15, -0.1) is 0 Å². The lowest BCUT2D eigenvalue weighted by atomic mass is 10.0. The molecular weight excluding hydrogens is 552 g/mol. The molecule has 0 unspecified atom stereocenters. The monoisotopic (exact) mass is 586 g/mol. The van der Waals surface area contributed by atoms with E-state index in [9.17, 15) is 14.4 Å². The SMILES string of the molecule is COc1ccc2cc1OCCn1nc(-c3ccccc3)nc1[C@@H](C(C)C)NC(=O)CN(C(=O)c1cn[nH]c1)CCNC2=O. The normalized spacial score (nSPS) is 16.5. The van der Waals surface area contributed by atoms with Crippen molar-refractivity contribution in [2.45, 2.75) is 26.4 Å². The van der Waals surface area contributed by atoms with Gasteiger partial charge in [-0.3, -0.25) is 19.5 Å². The van der Waals surface area contributed by atoms with Crippen LogP contribution in [0.15, 0.2) is 60.9 Å². The number of fused-ring (bicyclic) bond motifs is 3. The molecule has 0 fully saturated rings. The van der Waals surface area contributed by atoms with Crippen LogP contribution >= 0.6 is 0 Å². The molecule has 13 heteroatoms. The van der Waals surface area contributed by atoms with Crippen LogP contribution in [-0.4, -0.2) is 80.9 Å². The van der Waals surface area contributed by atoms with Crippen LogP contribution in [0.25, 0.3) is 11.4 Å². The largest absolute Gasteiger partial charge is 0.493 e. The van der Waals surface area contributed by atoms with Gasteiger partial charge >= 0.3 is 0 Å². The lowest BCUT2D eigenvalue weighted by molar-refractivity contribution is -0.123. The number of amides is 3. The molecular formula is C30H34N8O5. The Hall–Kier alpha value is -5.20. The Balaban J connectivity index is 1.52. The first-order valence-corrected chi connectivity index (χ1v) is 14.0. The van der Waals surface area contributed by atoms with E-state index in [0.717, 1.165) is 5.56 Å². The number of methoxy groups -OCH3 is 1. The van der Waals surface area contributed by atoms with Crippen LogP contribution in [0.2, 0.25) is 0 Å². The number of nitrogens with zero attached hydrogens (tertiary/aromatic N) is 5. The number of rotatable bonds is 4. The Morgan fingerprint density at radius 1 is 1.09 bits per heavy atom. The highest BCUT2D eigenvalue weighted by Gasteiger charge is 2.28. The first-order valence-electron chi connectivity index (χ1n) is 14.0. The van der Waals surface area contributed by atoms with Gasteiger partial charge in [0.05, 0.1) is 38.0 Å². The predicted molar refractivity (Wildman–Crippen MR) is 156 cm³/mol. The maximum atomic E-state index is 13.5. The van der Waals surface area contributed by atoms with E-state index >= 15 is 0 Å². The van der Waals surface area contributed by atoms with E-state index in [1.807, 2.05) is 44.2 Å². The molecule has 0 radical (unpaired) electrons. The molecule has 2 bridgehead atoms. The second-order valence-corrected chi connectivity index (χ2v) is 10.4. The molecule has 0 aliphatic carbocycles. The van der Waals surface area contributed by atoms with E-state index in [2.05, 4.69) is 20.8 Å². The summed E-state index contributed by atoms with van der Waals surface area (Å²) in [5, 5.41) is 17.1. The van der Waals surface area contributed by atoms with Crippen LogP contribution in [0, 0.1) is 5.92 Å². The number of hydrogen-bond acceptors (Lipinski definition) is 8. The van der Waals surface area contributed by atoms with Gasteiger partial charge in [-0.1, -0.05) is 44.2 Å². The van der Waals surface area contributed by atoms with E-state index in [0.29, 0.717) is 40.8 Å². The molecule has 0 spiro atoms.